The van der Waals surface area contributed by atoms with Crippen LogP contribution in [-0.4, -0.2) is 0 Å². The highest BCUT2D eigenvalue weighted by Gasteiger charge is 2.37. The lowest BCUT2D eigenvalue weighted by molar-refractivity contribution is 0.632. The zero-order chi connectivity index (χ0) is 36.2. The molecule has 0 bridgehead atoms. The SMILES string of the molecule is CC1(C)c2cc(-c3ccc4cc(-c5ccccc5)ccc4c3)ccc2N(c2ccccc2)c2ccc(-c3ccc4cc(-c5ccccc5)ccc4c3)cc21. The number of benzene rings is 9. The van der Waals surface area contributed by atoms with Crippen molar-refractivity contribution in [1.29, 1.82) is 0 Å². The fraction of sp³-hybridized carbons (Fsp3) is 0.0566. The smallest absolute Gasteiger partial charge is 0.0503 e. The summed E-state index contributed by atoms with van der Waals surface area (Å²) in [7, 11) is 0. The second kappa shape index (κ2) is 12.8. The van der Waals surface area contributed by atoms with Gasteiger partial charge in [-0.25, -0.2) is 0 Å². The summed E-state index contributed by atoms with van der Waals surface area (Å²) in [6.45, 7) is 4.77. The predicted molar refractivity (Wildman–Crippen MR) is 230 cm³/mol. The van der Waals surface area contributed by atoms with Gasteiger partial charge in [0.1, 0.15) is 0 Å². The second-order valence-corrected chi connectivity index (χ2v) is 15.0. The Morgan fingerprint density at radius 2 is 0.611 bits per heavy atom. The lowest BCUT2D eigenvalue weighted by Crippen LogP contribution is -2.30. The summed E-state index contributed by atoms with van der Waals surface area (Å²) >= 11 is 0. The van der Waals surface area contributed by atoms with E-state index >= 15 is 0 Å². The molecule has 1 aliphatic rings. The van der Waals surface area contributed by atoms with Crippen LogP contribution in [0.4, 0.5) is 17.1 Å². The van der Waals surface area contributed by atoms with Crippen molar-refractivity contribution in [2.24, 2.45) is 0 Å². The first-order valence-electron chi connectivity index (χ1n) is 18.8. The van der Waals surface area contributed by atoms with E-state index in [1.807, 2.05) is 0 Å². The highest BCUT2D eigenvalue weighted by atomic mass is 15.2. The van der Waals surface area contributed by atoms with Gasteiger partial charge < -0.3 is 4.90 Å². The van der Waals surface area contributed by atoms with E-state index in [0.29, 0.717) is 0 Å². The normalized spacial score (nSPS) is 13.1. The summed E-state index contributed by atoms with van der Waals surface area (Å²) in [5.74, 6) is 0. The average Bonchev–Trinajstić information content (AvgIpc) is 3.24. The molecule has 0 radical (unpaired) electrons. The van der Waals surface area contributed by atoms with Gasteiger partial charge in [-0.2, -0.15) is 0 Å². The Bertz CT molecular complexity index is 2660. The summed E-state index contributed by atoms with van der Waals surface area (Å²) in [5, 5.41) is 4.99. The van der Waals surface area contributed by atoms with E-state index < -0.39 is 0 Å². The molecule has 0 fully saturated rings. The Morgan fingerprint density at radius 3 is 1.00 bits per heavy atom. The zero-order valence-electron chi connectivity index (χ0n) is 30.5. The summed E-state index contributed by atoms with van der Waals surface area (Å²) in [6, 6.07) is 73.5. The van der Waals surface area contributed by atoms with Gasteiger partial charge in [0.25, 0.3) is 0 Å². The highest BCUT2D eigenvalue weighted by Crippen LogP contribution is 2.53. The molecule has 10 rings (SSSR count). The van der Waals surface area contributed by atoms with Crippen LogP contribution in [0, 0.1) is 0 Å². The molecule has 0 saturated heterocycles. The van der Waals surface area contributed by atoms with Crippen LogP contribution in [0.5, 0.6) is 0 Å². The third-order valence-corrected chi connectivity index (χ3v) is 11.4. The predicted octanol–water partition coefficient (Wildman–Crippen LogP) is 14.8. The lowest BCUT2D eigenvalue weighted by atomic mass is 9.72. The molecule has 1 heteroatoms. The van der Waals surface area contributed by atoms with E-state index in [2.05, 4.69) is 219 Å². The maximum absolute atomic E-state index is 2.44. The van der Waals surface area contributed by atoms with Crippen LogP contribution in [0.25, 0.3) is 66.1 Å². The minimum Gasteiger partial charge on any atom is -0.310 e. The van der Waals surface area contributed by atoms with Crippen molar-refractivity contribution < 1.29 is 0 Å². The van der Waals surface area contributed by atoms with Crippen molar-refractivity contribution >= 4 is 38.6 Å². The molecule has 9 aromatic rings. The number of fused-ring (bicyclic) bond motifs is 4. The quantitative estimate of drug-likeness (QED) is 0.174. The summed E-state index contributed by atoms with van der Waals surface area (Å²) < 4.78 is 0. The molecule has 0 aliphatic carbocycles. The third kappa shape index (κ3) is 5.49. The third-order valence-electron chi connectivity index (χ3n) is 11.4. The maximum Gasteiger partial charge on any atom is 0.0503 e. The van der Waals surface area contributed by atoms with Crippen LogP contribution >= 0.6 is 0 Å². The van der Waals surface area contributed by atoms with E-state index in [1.54, 1.807) is 0 Å². The van der Waals surface area contributed by atoms with Crippen molar-refractivity contribution in [3.8, 4) is 44.5 Å². The standard InChI is InChI=1S/C53H39N/c1-53(2)49-34-46(44-24-22-40-30-38(18-20-42(40)32-44)36-12-6-3-7-13-36)26-28-51(49)54(48-16-10-5-11-17-48)52-29-27-47(35-50(52)53)45-25-23-41-31-39(19-21-43(41)33-45)37-14-8-4-9-15-37/h3-35H,1-2H3. The molecular formula is C53H39N. The Balaban J connectivity index is 1.06. The van der Waals surface area contributed by atoms with Crippen molar-refractivity contribution in [2.75, 3.05) is 4.90 Å². The van der Waals surface area contributed by atoms with Crippen LogP contribution in [0.1, 0.15) is 25.0 Å². The van der Waals surface area contributed by atoms with Crippen LogP contribution in [-0.2, 0) is 5.41 Å². The molecular weight excluding hydrogens is 651 g/mol. The van der Waals surface area contributed by atoms with Crippen molar-refractivity contribution in [3.05, 3.63) is 211 Å². The van der Waals surface area contributed by atoms with E-state index in [4.69, 9.17) is 0 Å². The molecule has 0 spiro atoms. The zero-order valence-corrected chi connectivity index (χ0v) is 30.5. The van der Waals surface area contributed by atoms with Crippen molar-refractivity contribution in [1.82, 2.24) is 0 Å². The molecule has 1 nitrogen and oxygen atoms in total. The first-order chi connectivity index (χ1) is 26.5. The van der Waals surface area contributed by atoms with Gasteiger partial charge in [-0.05, 0) is 138 Å². The minimum absolute atomic E-state index is 0.245. The van der Waals surface area contributed by atoms with Gasteiger partial charge in [0.05, 0.1) is 11.4 Å². The van der Waals surface area contributed by atoms with E-state index in [9.17, 15) is 0 Å². The number of hydrogen-bond donors (Lipinski definition) is 0. The second-order valence-electron chi connectivity index (χ2n) is 15.0. The van der Waals surface area contributed by atoms with Gasteiger partial charge in [0, 0.05) is 11.1 Å². The Kier molecular flexibility index (Phi) is 7.56. The molecule has 54 heavy (non-hydrogen) atoms. The molecule has 0 N–H and O–H groups in total. The summed E-state index contributed by atoms with van der Waals surface area (Å²) in [6.07, 6.45) is 0. The number of rotatable bonds is 5. The topological polar surface area (TPSA) is 3.24 Å². The average molecular weight is 690 g/mol. The molecule has 9 aromatic carbocycles. The maximum atomic E-state index is 2.44. The fourth-order valence-electron chi connectivity index (χ4n) is 8.42. The van der Waals surface area contributed by atoms with Crippen LogP contribution < -0.4 is 4.90 Å². The Hall–Kier alpha value is -6.70. The number of hydrogen-bond acceptors (Lipinski definition) is 1. The van der Waals surface area contributed by atoms with Gasteiger partial charge in [-0.1, -0.05) is 153 Å². The number of para-hydroxylation sites is 1. The van der Waals surface area contributed by atoms with Crippen LogP contribution in [0.3, 0.4) is 0 Å². The number of nitrogens with zero attached hydrogens (tertiary/aromatic N) is 1. The first-order valence-corrected chi connectivity index (χ1v) is 18.8. The number of anilines is 3. The Labute approximate surface area is 317 Å². The first kappa shape index (κ1) is 32.0. The van der Waals surface area contributed by atoms with Crippen molar-refractivity contribution in [3.63, 3.8) is 0 Å². The highest BCUT2D eigenvalue weighted by molar-refractivity contribution is 5.94. The molecule has 0 atom stereocenters. The van der Waals surface area contributed by atoms with E-state index in [1.165, 1.54) is 88.6 Å². The molecule has 1 heterocycles. The lowest BCUT2D eigenvalue weighted by Gasteiger charge is -2.42. The molecule has 0 aromatic heterocycles. The summed E-state index contributed by atoms with van der Waals surface area (Å²) in [4.78, 5) is 2.44. The van der Waals surface area contributed by atoms with Crippen LogP contribution in [0.2, 0.25) is 0 Å². The van der Waals surface area contributed by atoms with Gasteiger partial charge in [-0.15, -0.1) is 0 Å². The van der Waals surface area contributed by atoms with Gasteiger partial charge >= 0.3 is 0 Å². The molecule has 1 aliphatic heterocycles. The largest absolute Gasteiger partial charge is 0.310 e. The van der Waals surface area contributed by atoms with Crippen molar-refractivity contribution in [2.45, 2.75) is 19.3 Å². The Morgan fingerprint density at radius 1 is 0.296 bits per heavy atom. The van der Waals surface area contributed by atoms with Gasteiger partial charge in [0.2, 0.25) is 0 Å². The molecule has 0 unspecified atom stereocenters. The van der Waals surface area contributed by atoms with Gasteiger partial charge in [-0.3, -0.25) is 0 Å². The monoisotopic (exact) mass is 689 g/mol. The van der Waals surface area contributed by atoms with Gasteiger partial charge in [0.15, 0.2) is 0 Å². The van der Waals surface area contributed by atoms with E-state index in [0.717, 1.165) is 5.69 Å². The minimum atomic E-state index is -0.245. The summed E-state index contributed by atoms with van der Waals surface area (Å²) in [5.41, 5.74) is 15.9. The van der Waals surface area contributed by atoms with E-state index in [-0.39, 0.29) is 5.41 Å². The van der Waals surface area contributed by atoms with Crippen LogP contribution in [0.15, 0.2) is 200 Å². The molecule has 0 saturated carbocycles. The molecule has 0 amide bonds. The molecule has 256 valence electrons. The fourth-order valence-corrected chi connectivity index (χ4v) is 8.42.